The van der Waals surface area contributed by atoms with Crippen molar-refractivity contribution in [2.75, 3.05) is 19.8 Å². The minimum Gasteiger partial charge on any atom is -0.461 e. The quantitative estimate of drug-likeness (QED) is 0.541. The topological polar surface area (TPSA) is 91.7 Å². The van der Waals surface area contributed by atoms with Gasteiger partial charge < -0.3 is 19.5 Å². The van der Waals surface area contributed by atoms with Gasteiger partial charge >= 0.3 is 12.1 Å². The number of nitrogens with one attached hydrogen (secondary N) is 1. The summed E-state index contributed by atoms with van der Waals surface area (Å²) in [6, 6.07) is 10.9. The Kier molecular flexibility index (Phi) is 8.86. The van der Waals surface area contributed by atoms with E-state index in [2.05, 4.69) is 26.3 Å². The van der Waals surface area contributed by atoms with Crippen LogP contribution in [-0.4, -0.2) is 47.2 Å². The number of nitrogens with zero attached hydrogens (tertiary/aromatic N) is 2. The highest BCUT2D eigenvalue weighted by Crippen LogP contribution is 2.18. The van der Waals surface area contributed by atoms with Crippen LogP contribution < -0.4 is 5.32 Å². The van der Waals surface area contributed by atoms with Crippen molar-refractivity contribution in [3.05, 3.63) is 52.3 Å². The molecule has 9 heteroatoms. The van der Waals surface area contributed by atoms with Gasteiger partial charge in [-0.25, -0.2) is 14.3 Å². The summed E-state index contributed by atoms with van der Waals surface area (Å²) in [5.74, 6) is -0.499. The lowest BCUT2D eigenvalue weighted by molar-refractivity contribution is 0.0463. The van der Waals surface area contributed by atoms with E-state index in [-0.39, 0.29) is 25.5 Å². The maximum Gasteiger partial charge on any atom is 0.407 e. The molecule has 0 bridgehead atoms. The van der Waals surface area contributed by atoms with Crippen LogP contribution in [0.15, 0.2) is 41.0 Å². The first-order valence-corrected chi connectivity index (χ1v) is 10.5. The Bertz CT molecular complexity index is 833. The fraction of sp³-hybridized carbons (Fsp3) is 0.476. The third kappa shape index (κ3) is 7.79. The average molecular weight is 482 g/mol. The zero-order valence-electron chi connectivity index (χ0n) is 17.7. The Labute approximate surface area is 185 Å². The van der Waals surface area contributed by atoms with E-state index in [1.165, 1.54) is 4.68 Å². The summed E-state index contributed by atoms with van der Waals surface area (Å²) in [5.41, 5.74) is 0.667. The Morgan fingerprint density at radius 2 is 1.93 bits per heavy atom. The lowest BCUT2D eigenvalue weighted by Gasteiger charge is -2.23. The van der Waals surface area contributed by atoms with Crippen LogP contribution in [0.5, 0.6) is 0 Å². The summed E-state index contributed by atoms with van der Waals surface area (Å²) < 4.78 is 18.3. The molecule has 0 aliphatic heterocycles. The third-order valence-electron chi connectivity index (χ3n) is 3.84. The van der Waals surface area contributed by atoms with E-state index in [1.54, 1.807) is 33.8 Å². The molecule has 1 amide bonds. The number of hydrogen-bond acceptors (Lipinski definition) is 6. The summed E-state index contributed by atoms with van der Waals surface area (Å²) in [6.07, 6.45) is -0.556. The summed E-state index contributed by atoms with van der Waals surface area (Å²) >= 11 is 3.30. The van der Waals surface area contributed by atoms with E-state index in [0.717, 1.165) is 5.56 Å². The normalized spacial score (nSPS) is 12.3. The zero-order chi connectivity index (χ0) is 22.1. The molecule has 0 unspecified atom stereocenters. The van der Waals surface area contributed by atoms with Gasteiger partial charge in [0.1, 0.15) is 15.9 Å². The molecule has 2 rings (SSSR count). The first-order chi connectivity index (χ1) is 14.2. The molecule has 0 saturated heterocycles. The summed E-state index contributed by atoms with van der Waals surface area (Å²) in [4.78, 5) is 24.5. The van der Waals surface area contributed by atoms with Gasteiger partial charge in [-0.15, -0.1) is 0 Å². The first kappa shape index (κ1) is 23.9. The molecule has 0 aliphatic rings. The van der Waals surface area contributed by atoms with Gasteiger partial charge in [0.25, 0.3) is 0 Å². The van der Waals surface area contributed by atoms with Gasteiger partial charge in [-0.3, -0.25) is 0 Å². The Morgan fingerprint density at radius 1 is 1.23 bits per heavy atom. The maximum absolute atomic E-state index is 12.3. The van der Waals surface area contributed by atoms with E-state index in [9.17, 15) is 9.59 Å². The lowest BCUT2D eigenvalue weighted by atomic mass is 10.2. The third-order valence-corrected chi connectivity index (χ3v) is 4.23. The molecular weight excluding hydrogens is 454 g/mol. The van der Waals surface area contributed by atoms with Crippen LogP contribution in [0.2, 0.25) is 0 Å². The molecule has 1 aromatic heterocycles. The van der Waals surface area contributed by atoms with Gasteiger partial charge in [0, 0.05) is 12.6 Å². The van der Waals surface area contributed by atoms with Gasteiger partial charge in [0.15, 0.2) is 0 Å². The fourth-order valence-corrected chi connectivity index (χ4v) is 3.01. The van der Waals surface area contributed by atoms with Crippen LogP contribution in [0, 0.1) is 0 Å². The number of halogens is 1. The maximum atomic E-state index is 12.3. The largest absolute Gasteiger partial charge is 0.461 e. The second-order valence-corrected chi connectivity index (χ2v) is 8.37. The van der Waals surface area contributed by atoms with Crippen LogP contribution in [0.4, 0.5) is 4.79 Å². The highest BCUT2D eigenvalue weighted by molar-refractivity contribution is 9.10. The molecule has 164 valence electrons. The van der Waals surface area contributed by atoms with Gasteiger partial charge in [0.2, 0.25) is 0 Å². The molecule has 0 aliphatic carbocycles. The number of rotatable bonds is 9. The van der Waals surface area contributed by atoms with Crippen LogP contribution in [0.3, 0.4) is 0 Å². The number of benzene rings is 1. The predicted octanol–water partition coefficient (Wildman–Crippen LogP) is 4.10. The number of alkyl carbamates (subject to hydrolysis) is 1. The standard InChI is InChI=1S/C21H28BrN3O5/c1-5-29-19(26)17-11-18(22)24-25(17)16(12-23-20(27)30-21(2,3)4)14-28-13-15-9-7-6-8-10-15/h6-11,16H,5,12-14H2,1-4H3,(H,23,27)/t16-/m1/s1. The average Bonchev–Trinajstić information content (AvgIpc) is 3.06. The van der Waals surface area contributed by atoms with Crippen molar-refractivity contribution in [3.63, 3.8) is 0 Å². The molecule has 1 aromatic carbocycles. The molecular formula is C21H28BrN3O5. The molecule has 1 heterocycles. The minimum absolute atomic E-state index is 0.157. The van der Waals surface area contributed by atoms with Gasteiger partial charge in [-0.2, -0.15) is 5.10 Å². The number of ether oxygens (including phenoxy) is 3. The van der Waals surface area contributed by atoms with Crippen molar-refractivity contribution in [3.8, 4) is 0 Å². The Balaban J connectivity index is 2.14. The second kappa shape index (κ2) is 11.1. The van der Waals surface area contributed by atoms with E-state index in [0.29, 0.717) is 11.2 Å². The lowest BCUT2D eigenvalue weighted by Crippen LogP contribution is -2.38. The molecule has 0 fully saturated rings. The van der Waals surface area contributed by atoms with Gasteiger partial charge in [0.05, 0.1) is 25.9 Å². The van der Waals surface area contributed by atoms with Crippen molar-refractivity contribution in [2.24, 2.45) is 0 Å². The monoisotopic (exact) mass is 481 g/mol. The smallest absolute Gasteiger partial charge is 0.407 e. The van der Waals surface area contributed by atoms with Crippen molar-refractivity contribution in [2.45, 2.75) is 45.9 Å². The second-order valence-electron chi connectivity index (χ2n) is 7.55. The number of hydrogen-bond donors (Lipinski definition) is 1. The highest BCUT2D eigenvalue weighted by Gasteiger charge is 2.24. The summed E-state index contributed by atoms with van der Waals surface area (Å²) in [7, 11) is 0. The number of carbonyl (C=O) groups excluding carboxylic acids is 2. The number of carbonyl (C=O) groups is 2. The highest BCUT2D eigenvalue weighted by atomic mass is 79.9. The predicted molar refractivity (Wildman–Crippen MR) is 115 cm³/mol. The van der Waals surface area contributed by atoms with E-state index >= 15 is 0 Å². The first-order valence-electron chi connectivity index (χ1n) is 9.70. The van der Waals surface area contributed by atoms with Crippen LogP contribution in [-0.2, 0) is 20.8 Å². The van der Waals surface area contributed by atoms with Crippen molar-refractivity contribution < 1.29 is 23.8 Å². The zero-order valence-corrected chi connectivity index (χ0v) is 19.3. The molecule has 8 nitrogen and oxygen atoms in total. The van der Waals surface area contributed by atoms with Crippen LogP contribution in [0.25, 0.3) is 0 Å². The number of aromatic nitrogens is 2. The van der Waals surface area contributed by atoms with E-state index in [4.69, 9.17) is 14.2 Å². The Morgan fingerprint density at radius 3 is 2.57 bits per heavy atom. The van der Waals surface area contributed by atoms with E-state index < -0.39 is 23.7 Å². The Hall–Kier alpha value is -2.39. The van der Waals surface area contributed by atoms with Crippen molar-refractivity contribution in [1.29, 1.82) is 0 Å². The molecule has 0 radical (unpaired) electrons. The minimum atomic E-state index is -0.617. The number of esters is 1. The molecule has 30 heavy (non-hydrogen) atoms. The fourth-order valence-electron chi connectivity index (χ4n) is 2.62. The van der Waals surface area contributed by atoms with Gasteiger partial charge in [-0.05, 0) is 49.2 Å². The van der Waals surface area contributed by atoms with Crippen LogP contribution in [0.1, 0.15) is 49.8 Å². The number of amides is 1. The molecule has 1 N–H and O–H groups in total. The summed E-state index contributed by atoms with van der Waals surface area (Å²) in [6.45, 7) is 8.10. The summed E-state index contributed by atoms with van der Waals surface area (Å²) in [5, 5.41) is 7.08. The molecule has 1 atom stereocenters. The molecule has 0 spiro atoms. The molecule has 2 aromatic rings. The SMILES string of the molecule is CCOC(=O)c1cc(Br)nn1[C@H](CNC(=O)OC(C)(C)C)COCc1ccccc1. The van der Waals surface area contributed by atoms with Crippen LogP contribution >= 0.6 is 15.9 Å². The molecule has 0 saturated carbocycles. The van der Waals surface area contributed by atoms with Crippen molar-refractivity contribution in [1.82, 2.24) is 15.1 Å². The van der Waals surface area contributed by atoms with Crippen molar-refractivity contribution >= 4 is 28.0 Å². The van der Waals surface area contributed by atoms with Gasteiger partial charge in [-0.1, -0.05) is 30.3 Å². The van der Waals surface area contributed by atoms with E-state index in [1.807, 2.05) is 30.3 Å².